The molecule has 0 amide bonds. The number of ether oxygens (including phenoxy) is 1. The molecule has 1 aliphatic carbocycles. The molecule has 0 bridgehead atoms. The highest BCUT2D eigenvalue weighted by atomic mass is 32.2. The van der Waals surface area contributed by atoms with Crippen LogP contribution >= 0.6 is 0 Å². The topological polar surface area (TPSA) is 55.4 Å². The van der Waals surface area contributed by atoms with Crippen LogP contribution in [0.1, 0.15) is 38.7 Å². The zero-order valence-corrected chi connectivity index (χ0v) is 15.8. The minimum atomic E-state index is -3.52. The van der Waals surface area contributed by atoms with Crippen molar-refractivity contribution >= 4 is 10.0 Å². The molecule has 4 nitrogen and oxygen atoms in total. The summed E-state index contributed by atoms with van der Waals surface area (Å²) < 4.78 is 48.3. The van der Waals surface area contributed by atoms with Crippen molar-refractivity contribution in [1.82, 2.24) is 4.72 Å². The summed E-state index contributed by atoms with van der Waals surface area (Å²) in [5.41, 5.74) is -1.22. The van der Waals surface area contributed by atoms with Gasteiger partial charge in [-0.25, -0.2) is 17.5 Å². The Morgan fingerprint density at radius 2 is 1.69 bits per heavy atom. The molecule has 0 aliphatic heterocycles. The molecule has 1 saturated carbocycles. The molecule has 0 aromatic heterocycles. The Hall–Kier alpha value is -1.92. The van der Waals surface area contributed by atoms with E-state index in [2.05, 4.69) is 4.72 Å². The molecule has 1 aliphatic rings. The number of halogens is 1. The summed E-state index contributed by atoms with van der Waals surface area (Å²) in [5, 5.41) is -0.589. The monoisotopic (exact) mass is 377 g/mol. The van der Waals surface area contributed by atoms with Gasteiger partial charge in [0.1, 0.15) is 11.5 Å². The highest BCUT2D eigenvalue weighted by Crippen LogP contribution is 2.43. The first-order valence-electron chi connectivity index (χ1n) is 8.85. The molecule has 26 heavy (non-hydrogen) atoms. The summed E-state index contributed by atoms with van der Waals surface area (Å²) in [5.74, 6) is 1.32. The summed E-state index contributed by atoms with van der Waals surface area (Å²) in [6.07, 6.45) is 1.44. The van der Waals surface area contributed by atoms with E-state index in [1.807, 2.05) is 30.3 Å². The van der Waals surface area contributed by atoms with Crippen LogP contribution in [0.25, 0.3) is 0 Å². The molecule has 0 saturated heterocycles. The minimum Gasteiger partial charge on any atom is -0.457 e. The van der Waals surface area contributed by atoms with Gasteiger partial charge in [0, 0.05) is 0 Å². The fourth-order valence-electron chi connectivity index (χ4n) is 3.22. The number of nitrogens with one attached hydrogen (secondary N) is 1. The molecule has 140 valence electrons. The van der Waals surface area contributed by atoms with E-state index in [0.29, 0.717) is 36.3 Å². The molecule has 0 radical (unpaired) electrons. The molecule has 0 spiro atoms. The first kappa shape index (κ1) is 18.9. The van der Waals surface area contributed by atoms with Gasteiger partial charge in [-0.3, -0.25) is 0 Å². The predicted octanol–water partition coefficient (Wildman–Crippen LogP) is 4.52. The average molecular weight is 377 g/mol. The van der Waals surface area contributed by atoms with Crippen molar-refractivity contribution in [2.24, 2.45) is 0 Å². The molecule has 3 rings (SSSR count). The number of hydrogen-bond donors (Lipinski definition) is 1. The number of sulfonamides is 1. The molecule has 1 fully saturated rings. The van der Waals surface area contributed by atoms with Crippen molar-refractivity contribution in [3.8, 4) is 11.5 Å². The second-order valence-electron chi connectivity index (χ2n) is 6.96. The van der Waals surface area contributed by atoms with Crippen LogP contribution in [0.4, 0.5) is 4.39 Å². The molecule has 2 atom stereocenters. The van der Waals surface area contributed by atoms with E-state index >= 15 is 4.39 Å². The van der Waals surface area contributed by atoms with Gasteiger partial charge in [0.15, 0.2) is 5.67 Å². The van der Waals surface area contributed by atoms with Crippen molar-refractivity contribution in [1.29, 1.82) is 0 Å². The lowest BCUT2D eigenvalue weighted by molar-refractivity contribution is 0.142. The summed E-state index contributed by atoms with van der Waals surface area (Å²) in [4.78, 5) is 0. The van der Waals surface area contributed by atoms with E-state index in [-0.39, 0.29) is 0 Å². The third-order valence-electron chi connectivity index (χ3n) is 4.83. The minimum absolute atomic E-state index is 0.303. The molecule has 0 heterocycles. The molecule has 2 aromatic rings. The summed E-state index contributed by atoms with van der Waals surface area (Å²) in [6.45, 7) is 3.18. The molecule has 6 heteroatoms. The van der Waals surface area contributed by atoms with E-state index < -0.39 is 27.0 Å². The Balaban J connectivity index is 1.78. The lowest BCUT2D eigenvalue weighted by Gasteiger charge is -2.29. The van der Waals surface area contributed by atoms with Gasteiger partial charge in [0.05, 0.1) is 11.3 Å². The normalized spacial score (nSPS) is 23.3. The van der Waals surface area contributed by atoms with E-state index in [0.717, 1.165) is 0 Å². The van der Waals surface area contributed by atoms with Crippen LogP contribution in [0, 0.1) is 0 Å². The maximum absolute atomic E-state index is 15.7. The molecular weight excluding hydrogens is 353 g/mol. The highest BCUT2D eigenvalue weighted by molar-refractivity contribution is 7.90. The number of benzene rings is 2. The Kier molecular flexibility index (Phi) is 5.34. The number of rotatable bonds is 6. The quantitative estimate of drug-likeness (QED) is 0.805. The number of alkyl halides is 1. The van der Waals surface area contributed by atoms with E-state index in [1.165, 1.54) is 0 Å². The van der Waals surface area contributed by atoms with Gasteiger partial charge >= 0.3 is 0 Å². The lowest BCUT2D eigenvalue weighted by Crippen LogP contribution is -2.46. The van der Waals surface area contributed by atoms with Gasteiger partial charge in [-0.15, -0.1) is 0 Å². The largest absolute Gasteiger partial charge is 0.457 e. The molecule has 0 unspecified atom stereocenters. The van der Waals surface area contributed by atoms with Crippen molar-refractivity contribution in [2.75, 3.05) is 0 Å². The second-order valence-corrected chi connectivity index (χ2v) is 9.23. The van der Waals surface area contributed by atoms with Crippen LogP contribution in [-0.4, -0.2) is 19.7 Å². The average Bonchev–Trinajstić information content (AvgIpc) is 2.97. The smallest absolute Gasteiger partial charge is 0.214 e. The van der Waals surface area contributed by atoms with Gasteiger partial charge in [0.25, 0.3) is 0 Å². The molecule has 2 aromatic carbocycles. The van der Waals surface area contributed by atoms with Crippen LogP contribution in [0.5, 0.6) is 11.5 Å². The fourth-order valence-corrected chi connectivity index (χ4v) is 4.20. The Morgan fingerprint density at radius 1 is 1.08 bits per heavy atom. The number of para-hydroxylation sites is 1. The summed E-state index contributed by atoms with van der Waals surface area (Å²) >= 11 is 0. The summed E-state index contributed by atoms with van der Waals surface area (Å²) in [6, 6.07) is 15.4. The van der Waals surface area contributed by atoms with Crippen molar-refractivity contribution in [3.63, 3.8) is 0 Å². The van der Waals surface area contributed by atoms with Crippen LogP contribution in [-0.2, 0) is 15.7 Å². The van der Waals surface area contributed by atoms with Gasteiger partial charge in [-0.05, 0) is 62.9 Å². The Labute approximate surface area is 154 Å². The first-order valence-corrected chi connectivity index (χ1v) is 10.4. The third-order valence-corrected chi connectivity index (χ3v) is 6.68. The lowest BCUT2D eigenvalue weighted by atomic mass is 9.91. The zero-order chi connectivity index (χ0) is 18.8. The van der Waals surface area contributed by atoms with Crippen LogP contribution in [0.3, 0.4) is 0 Å². The standard InChI is InChI=1S/C20H24FNO3S/c1-15(2)26(23,24)22-19-9-6-14-20(19,21)16-10-12-18(13-11-16)25-17-7-4-3-5-8-17/h3-5,7-8,10-13,15,19,22H,6,9,14H2,1-2H3/t19-,20+/m1/s1. The van der Waals surface area contributed by atoms with E-state index in [4.69, 9.17) is 4.74 Å². The SMILES string of the molecule is CC(C)S(=O)(=O)N[C@@H]1CCC[C@]1(F)c1ccc(Oc2ccccc2)cc1. The van der Waals surface area contributed by atoms with Crippen molar-refractivity contribution in [3.05, 3.63) is 60.2 Å². The van der Waals surface area contributed by atoms with Crippen LogP contribution in [0.15, 0.2) is 54.6 Å². The van der Waals surface area contributed by atoms with Crippen LogP contribution < -0.4 is 9.46 Å². The van der Waals surface area contributed by atoms with Gasteiger partial charge < -0.3 is 4.74 Å². The van der Waals surface area contributed by atoms with Crippen molar-refractivity contribution < 1.29 is 17.5 Å². The Morgan fingerprint density at radius 3 is 2.31 bits per heavy atom. The molecular formula is C20H24FNO3S. The predicted molar refractivity (Wildman–Crippen MR) is 101 cm³/mol. The number of hydrogen-bond acceptors (Lipinski definition) is 3. The second kappa shape index (κ2) is 7.37. The van der Waals surface area contributed by atoms with Gasteiger partial charge in [-0.1, -0.05) is 30.3 Å². The zero-order valence-electron chi connectivity index (χ0n) is 15.0. The Bertz CT molecular complexity index is 837. The highest BCUT2D eigenvalue weighted by Gasteiger charge is 2.46. The summed E-state index contributed by atoms with van der Waals surface area (Å²) in [7, 11) is -3.52. The van der Waals surface area contributed by atoms with Crippen LogP contribution in [0.2, 0.25) is 0 Å². The maximum atomic E-state index is 15.7. The van der Waals surface area contributed by atoms with E-state index in [9.17, 15) is 8.42 Å². The third kappa shape index (κ3) is 3.91. The van der Waals surface area contributed by atoms with Gasteiger partial charge in [-0.2, -0.15) is 0 Å². The van der Waals surface area contributed by atoms with E-state index in [1.54, 1.807) is 38.1 Å². The fraction of sp³-hybridized carbons (Fsp3) is 0.400. The maximum Gasteiger partial charge on any atom is 0.214 e. The molecule has 1 N–H and O–H groups in total. The van der Waals surface area contributed by atoms with Gasteiger partial charge in [0.2, 0.25) is 10.0 Å². The first-order chi connectivity index (χ1) is 12.3. The van der Waals surface area contributed by atoms with Crippen molar-refractivity contribution in [2.45, 2.75) is 50.1 Å².